The van der Waals surface area contributed by atoms with Crippen molar-refractivity contribution in [1.82, 2.24) is 5.32 Å². The van der Waals surface area contributed by atoms with Crippen molar-refractivity contribution in [2.75, 3.05) is 7.05 Å². The van der Waals surface area contributed by atoms with Gasteiger partial charge in [0.25, 0.3) is 0 Å². The maximum absolute atomic E-state index is 6.21. The molecule has 1 unspecified atom stereocenters. The molecular formula is C14H15BrClNS. The molecule has 4 heteroatoms. The number of nitrogens with one attached hydrogen (secondary N) is 1. The Morgan fingerprint density at radius 2 is 2.06 bits per heavy atom. The molecule has 1 aromatic heterocycles. The monoisotopic (exact) mass is 343 g/mol. The van der Waals surface area contributed by atoms with Gasteiger partial charge in [0.05, 0.1) is 9.83 Å². The maximum Gasteiger partial charge on any atom is 0.0731 e. The molecular weight excluding hydrogens is 330 g/mol. The Bertz CT molecular complexity index is 545. The zero-order valence-corrected chi connectivity index (χ0v) is 13.7. The van der Waals surface area contributed by atoms with Crippen LogP contribution in [0, 0.1) is 13.8 Å². The van der Waals surface area contributed by atoms with Gasteiger partial charge in [0, 0.05) is 9.90 Å². The molecule has 0 aliphatic heterocycles. The first-order chi connectivity index (χ1) is 8.54. The number of aryl methyl sites for hydroxylation is 1. The molecule has 0 fully saturated rings. The van der Waals surface area contributed by atoms with E-state index in [9.17, 15) is 0 Å². The van der Waals surface area contributed by atoms with Crippen LogP contribution in [0.1, 0.15) is 27.6 Å². The van der Waals surface area contributed by atoms with E-state index in [-0.39, 0.29) is 6.04 Å². The third-order valence-electron chi connectivity index (χ3n) is 3.07. The van der Waals surface area contributed by atoms with Gasteiger partial charge in [-0.15, -0.1) is 11.3 Å². The lowest BCUT2D eigenvalue weighted by Gasteiger charge is -2.18. The molecule has 0 aliphatic carbocycles. The molecule has 1 atom stereocenters. The molecule has 18 heavy (non-hydrogen) atoms. The van der Waals surface area contributed by atoms with Crippen LogP contribution >= 0.6 is 38.9 Å². The minimum Gasteiger partial charge on any atom is -0.309 e. The summed E-state index contributed by atoms with van der Waals surface area (Å²) in [5.41, 5.74) is 3.65. The second-order valence-corrected chi connectivity index (χ2v) is 7.09. The van der Waals surface area contributed by atoms with E-state index in [4.69, 9.17) is 11.6 Å². The van der Waals surface area contributed by atoms with Crippen LogP contribution in [0.4, 0.5) is 0 Å². The van der Waals surface area contributed by atoms with E-state index >= 15 is 0 Å². The Morgan fingerprint density at radius 1 is 1.33 bits per heavy atom. The van der Waals surface area contributed by atoms with Crippen LogP contribution in [-0.2, 0) is 0 Å². The average molecular weight is 345 g/mol. The van der Waals surface area contributed by atoms with Gasteiger partial charge in [0.2, 0.25) is 0 Å². The highest BCUT2D eigenvalue weighted by atomic mass is 79.9. The summed E-state index contributed by atoms with van der Waals surface area (Å²) in [5.74, 6) is 0. The number of rotatable bonds is 3. The van der Waals surface area contributed by atoms with Crippen molar-refractivity contribution in [3.8, 4) is 0 Å². The normalized spacial score (nSPS) is 12.7. The van der Waals surface area contributed by atoms with E-state index in [1.54, 1.807) is 11.3 Å². The lowest BCUT2D eigenvalue weighted by molar-refractivity contribution is 0.699. The zero-order chi connectivity index (χ0) is 13.3. The van der Waals surface area contributed by atoms with E-state index in [0.717, 1.165) is 10.6 Å². The van der Waals surface area contributed by atoms with Crippen molar-refractivity contribution in [1.29, 1.82) is 0 Å². The van der Waals surface area contributed by atoms with Crippen molar-refractivity contribution in [2.45, 2.75) is 19.9 Å². The summed E-state index contributed by atoms with van der Waals surface area (Å²) >= 11 is 11.6. The first kappa shape index (κ1) is 14.1. The molecule has 0 saturated heterocycles. The third kappa shape index (κ3) is 2.64. The Labute approximate surface area is 125 Å². The SMILES string of the molecule is CNC(c1cc(C)c(Br)s1)c1cccc(Cl)c1C. The fourth-order valence-corrected chi connectivity index (χ4v) is 3.90. The highest BCUT2D eigenvalue weighted by Gasteiger charge is 2.18. The lowest BCUT2D eigenvalue weighted by Crippen LogP contribution is -2.17. The second kappa shape index (κ2) is 5.74. The molecule has 2 rings (SSSR count). The summed E-state index contributed by atoms with van der Waals surface area (Å²) in [5, 5.41) is 4.19. The van der Waals surface area contributed by atoms with Crippen LogP contribution in [0.3, 0.4) is 0 Å². The van der Waals surface area contributed by atoms with E-state index in [1.807, 2.05) is 19.2 Å². The topological polar surface area (TPSA) is 12.0 Å². The standard InChI is InChI=1S/C14H15BrClNS/c1-8-7-12(18-14(8)15)13(17-3)10-5-4-6-11(16)9(10)2/h4-7,13,17H,1-3H3. The fraction of sp³-hybridized carbons (Fsp3) is 0.286. The van der Waals surface area contributed by atoms with Crippen molar-refractivity contribution < 1.29 is 0 Å². The molecule has 96 valence electrons. The van der Waals surface area contributed by atoms with Crippen LogP contribution in [-0.4, -0.2) is 7.05 Å². The number of hydrogen-bond acceptors (Lipinski definition) is 2. The van der Waals surface area contributed by atoms with Gasteiger partial charge in [0.1, 0.15) is 0 Å². The minimum atomic E-state index is 0.193. The van der Waals surface area contributed by atoms with Crippen LogP contribution in [0.25, 0.3) is 0 Å². The second-order valence-electron chi connectivity index (χ2n) is 4.28. The summed E-state index contributed by atoms with van der Waals surface area (Å²) in [4.78, 5) is 1.30. The van der Waals surface area contributed by atoms with Gasteiger partial charge in [-0.25, -0.2) is 0 Å². The predicted molar refractivity (Wildman–Crippen MR) is 83.8 cm³/mol. The molecule has 1 N–H and O–H groups in total. The first-order valence-electron chi connectivity index (χ1n) is 5.72. The fourth-order valence-electron chi connectivity index (χ4n) is 2.01. The number of thiophene rings is 1. The van der Waals surface area contributed by atoms with Crippen molar-refractivity contribution >= 4 is 38.9 Å². The molecule has 0 amide bonds. The van der Waals surface area contributed by atoms with E-state index in [0.29, 0.717) is 0 Å². The molecule has 0 aliphatic rings. The highest BCUT2D eigenvalue weighted by Crippen LogP contribution is 2.36. The predicted octanol–water partition coefficient (Wildman–Crippen LogP) is 5.09. The van der Waals surface area contributed by atoms with Crippen LogP contribution in [0.15, 0.2) is 28.1 Å². The van der Waals surface area contributed by atoms with E-state index < -0.39 is 0 Å². The first-order valence-corrected chi connectivity index (χ1v) is 7.71. The van der Waals surface area contributed by atoms with Crippen LogP contribution < -0.4 is 5.32 Å². The highest BCUT2D eigenvalue weighted by molar-refractivity contribution is 9.11. The molecule has 1 nitrogen and oxygen atoms in total. The van der Waals surface area contributed by atoms with Crippen LogP contribution in [0.2, 0.25) is 5.02 Å². The zero-order valence-electron chi connectivity index (χ0n) is 10.6. The Morgan fingerprint density at radius 3 is 2.61 bits per heavy atom. The van der Waals surface area contributed by atoms with Crippen molar-refractivity contribution in [3.05, 3.63) is 54.6 Å². The number of benzene rings is 1. The third-order valence-corrected chi connectivity index (χ3v) is 5.68. The van der Waals surface area contributed by atoms with Gasteiger partial charge < -0.3 is 5.32 Å². The molecule has 2 aromatic rings. The Balaban J connectivity index is 2.48. The summed E-state index contributed by atoms with van der Waals surface area (Å²) in [6.45, 7) is 4.18. The van der Waals surface area contributed by atoms with Crippen molar-refractivity contribution in [2.24, 2.45) is 0 Å². The van der Waals surface area contributed by atoms with Gasteiger partial charge in [0.15, 0.2) is 0 Å². The Kier molecular flexibility index (Phi) is 4.49. The summed E-state index contributed by atoms with van der Waals surface area (Å²) in [6, 6.07) is 8.48. The molecule has 1 aromatic carbocycles. The van der Waals surface area contributed by atoms with Gasteiger partial charge in [-0.3, -0.25) is 0 Å². The molecule has 1 heterocycles. The smallest absolute Gasteiger partial charge is 0.0731 e. The lowest BCUT2D eigenvalue weighted by atomic mass is 10.00. The molecule has 0 radical (unpaired) electrons. The van der Waals surface area contributed by atoms with Crippen LogP contribution in [0.5, 0.6) is 0 Å². The molecule has 0 bridgehead atoms. The summed E-state index contributed by atoms with van der Waals surface area (Å²) in [6.07, 6.45) is 0. The Hall–Kier alpha value is -0.350. The molecule has 0 spiro atoms. The number of hydrogen-bond donors (Lipinski definition) is 1. The van der Waals surface area contributed by atoms with E-state index in [2.05, 4.69) is 47.2 Å². The average Bonchev–Trinajstić information content (AvgIpc) is 2.66. The van der Waals surface area contributed by atoms with Gasteiger partial charge in [-0.1, -0.05) is 23.7 Å². The molecule has 0 saturated carbocycles. The summed E-state index contributed by atoms with van der Waals surface area (Å²) < 4.78 is 1.19. The van der Waals surface area contributed by atoms with E-state index in [1.165, 1.54) is 19.8 Å². The van der Waals surface area contributed by atoms with Gasteiger partial charge in [-0.2, -0.15) is 0 Å². The number of halogens is 2. The van der Waals surface area contributed by atoms with Gasteiger partial charge >= 0.3 is 0 Å². The van der Waals surface area contributed by atoms with Crippen molar-refractivity contribution in [3.63, 3.8) is 0 Å². The quantitative estimate of drug-likeness (QED) is 0.818. The van der Waals surface area contributed by atoms with Gasteiger partial charge in [-0.05, 0) is 65.6 Å². The largest absolute Gasteiger partial charge is 0.309 e. The summed E-state index contributed by atoms with van der Waals surface area (Å²) in [7, 11) is 1.98. The minimum absolute atomic E-state index is 0.193. The maximum atomic E-state index is 6.21.